The molecule has 0 heterocycles. The molecule has 0 bridgehead atoms. The van der Waals surface area contributed by atoms with E-state index in [-0.39, 0.29) is 0 Å². The monoisotopic (exact) mass is 416 g/mol. The van der Waals surface area contributed by atoms with Crippen LogP contribution in [0.4, 0.5) is 0 Å². The van der Waals surface area contributed by atoms with Crippen molar-refractivity contribution in [2.45, 2.75) is 113 Å². The molecule has 0 atom stereocenters. The predicted molar refractivity (Wildman–Crippen MR) is 107 cm³/mol. The first-order chi connectivity index (χ1) is 10.6. The second-order valence-electron chi connectivity index (χ2n) is 7.63. The summed E-state index contributed by atoms with van der Waals surface area (Å²) in [5.41, 5.74) is 0. The van der Waals surface area contributed by atoms with Crippen LogP contribution in [0.5, 0.6) is 0 Å². The zero-order valence-electron chi connectivity index (χ0n) is 16.6. The van der Waals surface area contributed by atoms with Gasteiger partial charge in [0.2, 0.25) is 0 Å². The molecule has 0 nitrogen and oxygen atoms in total. The number of hydrogen-bond donors (Lipinski definition) is 0. The Hall–Kier alpha value is 0.539. The second-order valence-corrected chi connectivity index (χ2v) is 21.1. The van der Waals surface area contributed by atoms with E-state index in [1.165, 1.54) is 57.8 Å². The molecular weight excluding hydrogens is 371 g/mol. The molecule has 0 aromatic heterocycles. The van der Waals surface area contributed by atoms with E-state index in [0.717, 1.165) is 5.92 Å². The summed E-state index contributed by atoms with van der Waals surface area (Å²) in [5, 5.41) is 0. The van der Waals surface area contributed by atoms with Gasteiger partial charge in [0, 0.05) is 0 Å². The maximum absolute atomic E-state index is 2.73. The Balaban J connectivity index is 5.43. The van der Waals surface area contributed by atoms with Crippen molar-refractivity contribution in [1.82, 2.24) is 0 Å². The van der Waals surface area contributed by atoms with Crippen molar-refractivity contribution in [3.63, 3.8) is 0 Å². The first-order valence-corrected chi connectivity index (χ1v) is 17.8. The van der Waals surface area contributed by atoms with Crippen LogP contribution < -0.4 is 0 Å². The maximum atomic E-state index is 2.73. The van der Waals surface area contributed by atoms with Crippen molar-refractivity contribution in [3.05, 3.63) is 9.67 Å². The van der Waals surface area contributed by atoms with Crippen LogP contribution in [0.2, 0.25) is 13.3 Å². The van der Waals surface area contributed by atoms with E-state index in [1.54, 1.807) is 13.3 Å². The Morgan fingerprint density at radius 2 is 1.14 bits per heavy atom. The first-order valence-electron chi connectivity index (χ1n) is 10.3. The third kappa shape index (κ3) is 8.99. The summed E-state index contributed by atoms with van der Waals surface area (Å²) < 4.78 is 6.93. The van der Waals surface area contributed by atoms with Crippen LogP contribution >= 0.6 is 0 Å². The number of rotatable bonds is 14. The topological polar surface area (TPSA) is 0 Å². The number of allylic oxidation sites excluding steroid dienone is 2. The van der Waals surface area contributed by atoms with Crippen molar-refractivity contribution < 1.29 is 0 Å². The molecule has 0 unspecified atom stereocenters. The summed E-state index contributed by atoms with van der Waals surface area (Å²) in [6, 6.07) is 0. The average Bonchev–Trinajstić information content (AvgIpc) is 2.51. The molecule has 0 saturated carbocycles. The van der Waals surface area contributed by atoms with Crippen molar-refractivity contribution in [2.75, 3.05) is 0 Å². The van der Waals surface area contributed by atoms with Crippen LogP contribution in [0.1, 0.15) is 99.3 Å². The van der Waals surface area contributed by atoms with Crippen molar-refractivity contribution in [3.8, 4) is 0 Å². The van der Waals surface area contributed by atoms with Gasteiger partial charge in [0.15, 0.2) is 0 Å². The fourth-order valence-electron chi connectivity index (χ4n) is 3.70. The molecule has 0 saturated heterocycles. The van der Waals surface area contributed by atoms with E-state index in [9.17, 15) is 0 Å². The van der Waals surface area contributed by atoms with Crippen molar-refractivity contribution in [2.24, 2.45) is 5.92 Å². The summed E-state index contributed by atoms with van der Waals surface area (Å²) in [6.45, 7) is 14.3. The van der Waals surface area contributed by atoms with E-state index >= 15 is 0 Å². The Kier molecular flexibility index (Phi) is 14.3. The molecule has 132 valence electrons. The second kappa shape index (κ2) is 13.9. The summed E-state index contributed by atoms with van der Waals surface area (Å²) in [4.78, 5) is 0. The van der Waals surface area contributed by atoms with Gasteiger partial charge in [0.25, 0.3) is 0 Å². The van der Waals surface area contributed by atoms with Gasteiger partial charge >= 0.3 is 147 Å². The molecule has 0 fully saturated rings. The summed E-state index contributed by atoms with van der Waals surface area (Å²) in [7, 11) is 0. The number of unbranched alkanes of at least 4 members (excludes halogenated alkanes) is 4. The van der Waals surface area contributed by atoms with Gasteiger partial charge in [-0.15, -0.1) is 0 Å². The minimum absolute atomic E-state index is 0.743. The first kappa shape index (κ1) is 22.5. The van der Waals surface area contributed by atoms with Gasteiger partial charge in [0.1, 0.15) is 0 Å². The van der Waals surface area contributed by atoms with Gasteiger partial charge in [-0.1, -0.05) is 0 Å². The molecule has 0 aromatic carbocycles. The van der Waals surface area contributed by atoms with Crippen molar-refractivity contribution in [1.29, 1.82) is 0 Å². The van der Waals surface area contributed by atoms with Crippen LogP contribution in [0, 0.1) is 5.92 Å². The third-order valence-electron chi connectivity index (χ3n) is 5.04. The van der Waals surface area contributed by atoms with E-state index < -0.39 is 18.4 Å². The quantitative estimate of drug-likeness (QED) is 0.251. The van der Waals surface area contributed by atoms with E-state index in [0.29, 0.717) is 0 Å². The van der Waals surface area contributed by atoms with Crippen LogP contribution in [0.25, 0.3) is 0 Å². The molecule has 0 rings (SSSR count). The normalized spacial score (nSPS) is 13.1. The molecule has 0 aliphatic carbocycles. The zero-order chi connectivity index (χ0) is 16.8. The Morgan fingerprint density at radius 3 is 1.45 bits per heavy atom. The fourth-order valence-corrected chi connectivity index (χ4v) is 21.4. The zero-order valence-corrected chi connectivity index (χ0v) is 19.5. The van der Waals surface area contributed by atoms with Crippen molar-refractivity contribution >= 4 is 18.4 Å². The molecule has 0 radical (unpaired) electrons. The van der Waals surface area contributed by atoms with E-state index in [4.69, 9.17) is 0 Å². The molecule has 0 aromatic rings. The average molecular weight is 415 g/mol. The van der Waals surface area contributed by atoms with Gasteiger partial charge in [0.05, 0.1) is 0 Å². The van der Waals surface area contributed by atoms with Crippen LogP contribution in [0.15, 0.2) is 9.67 Å². The molecule has 1 heteroatoms. The third-order valence-corrected chi connectivity index (χ3v) is 21.3. The Bertz CT molecular complexity index is 256. The Morgan fingerprint density at radius 1 is 0.727 bits per heavy atom. The van der Waals surface area contributed by atoms with Gasteiger partial charge < -0.3 is 0 Å². The van der Waals surface area contributed by atoms with Crippen LogP contribution in [-0.4, -0.2) is 18.4 Å². The van der Waals surface area contributed by atoms with Gasteiger partial charge in [-0.2, -0.15) is 0 Å². The van der Waals surface area contributed by atoms with Gasteiger partial charge in [-0.25, -0.2) is 0 Å². The standard InChI is InChI=1S/C9H17.3C4H9.Sn/c1-4-5-6-7-8-9(2)3;3*1-3-4-2;/h8-9H,4-6H2,1-3H3;3*1,3-4H2,2H3;. The molecule has 0 amide bonds. The summed E-state index contributed by atoms with van der Waals surface area (Å²) in [6.07, 6.45) is 15.6. The SMILES string of the molecule is CCCC/[C](=C\C(C)C)[Sn]([CH2]CCC)([CH2]CCC)[CH2]CCC. The molecule has 0 aliphatic heterocycles. The molecule has 0 spiro atoms. The van der Waals surface area contributed by atoms with Gasteiger partial charge in [-0.05, 0) is 0 Å². The fraction of sp³-hybridized carbons (Fsp3) is 0.905. The van der Waals surface area contributed by atoms with Gasteiger partial charge in [-0.3, -0.25) is 0 Å². The molecule has 22 heavy (non-hydrogen) atoms. The summed E-state index contributed by atoms with van der Waals surface area (Å²) >= 11 is -2.12. The molecular formula is C21H44Sn. The molecule has 0 aliphatic rings. The minimum atomic E-state index is -2.12. The van der Waals surface area contributed by atoms with Crippen LogP contribution in [0.3, 0.4) is 0 Å². The van der Waals surface area contributed by atoms with Crippen LogP contribution in [-0.2, 0) is 0 Å². The molecule has 0 N–H and O–H groups in total. The predicted octanol–water partition coefficient (Wildman–Crippen LogP) is 8.15. The Labute approximate surface area is 146 Å². The number of hydrogen-bond acceptors (Lipinski definition) is 0. The van der Waals surface area contributed by atoms with E-state index in [1.807, 2.05) is 3.59 Å². The summed E-state index contributed by atoms with van der Waals surface area (Å²) in [5.74, 6) is 0.743. The van der Waals surface area contributed by atoms with E-state index in [2.05, 4.69) is 47.6 Å².